The lowest BCUT2D eigenvalue weighted by Gasteiger charge is -2.14. The van der Waals surface area contributed by atoms with Crippen molar-refractivity contribution in [2.75, 3.05) is 0 Å². The summed E-state index contributed by atoms with van der Waals surface area (Å²) in [6, 6.07) is 7.09. The minimum absolute atomic E-state index is 0.0200. The zero-order valence-electron chi connectivity index (χ0n) is 12.6. The summed E-state index contributed by atoms with van der Waals surface area (Å²) in [5, 5.41) is 0. The van der Waals surface area contributed by atoms with Crippen molar-refractivity contribution in [3.05, 3.63) is 69.0 Å². The van der Waals surface area contributed by atoms with E-state index in [-0.39, 0.29) is 10.4 Å². The Hall–Kier alpha value is -2.78. The molecule has 2 aromatic heterocycles. The van der Waals surface area contributed by atoms with Crippen molar-refractivity contribution in [3.8, 4) is 0 Å². The van der Waals surface area contributed by atoms with Gasteiger partial charge in [0.2, 0.25) is 10.0 Å². The summed E-state index contributed by atoms with van der Waals surface area (Å²) >= 11 is 0. The fourth-order valence-corrected chi connectivity index (χ4v) is 3.52. The first-order valence-corrected chi connectivity index (χ1v) is 8.54. The van der Waals surface area contributed by atoms with E-state index >= 15 is 0 Å². The number of fused-ring (bicyclic) bond motifs is 1. The van der Waals surface area contributed by atoms with Gasteiger partial charge in [0.25, 0.3) is 0 Å². The minimum atomic E-state index is -3.81. The number of nitrogens with one attached hydrogen (secondary N) is 3. The van der Waals surface area contributed by atoms with Gasteiger partial charge in [-0.2, -0.15) is 0 Å². The lowest BCUT2D eigenvalue weighted by Crippen LogP contribution is -2.29. The topological polar surface area (TPSA) is 125 Å². The van der Waals surface area contributed by atoms with E-state index in [1.807, 2.05) is 0 Å². The number of aromatic amines is 2. The van der Waals surface area contributed by atoms with E-state index < -0.39 is 27.2 Å². The molecule has 0 radical (unpaired) electrons. The van der Waals surface area contributed by atoms with Crippen molar-refractivity contribution in [3.63, 3.8) is 0 Å². The van der Waals surface area contributed by atoms with Gasteiger partial charge in [-0.25, -0.2) is 13.1 Å². The molecule has 0 aliphatic heterocycles. The van der Waals surface area contributed by atoms with Crippen LogP contribution >= 0.6 is 0 Å². The maximum absolute atomic E-state index is 12.5. The average Bonchev–Trinajstić information content (AvgIpc) is 2.56. The summed E-state index contributed by atoms with van der Waals surface area (Å²) in [5.74, 6) is 0. The molecule has 0 saturated heterocycles. The lowest BCUT2D eigenvalue weighted by molar-refractivity contribution is 0.566. The predicted octanol–water partition coefficient (Wildman–Crippen LogP) is 0.651. The highest BCUT2D eigenvalue weighted by molar-refractivity contribution is 7.89. The lowest BCUT2D eigenvalue weighted by atomic mass is 10.2. The Kier molecular flexibility index (Phi) is 4.04. The summed E-state index contributed by atoms with van der Waals surface area (Å²) < 4.78 is 27.6. The third kappa shape index (κ3) is 3.12. The van der Waals surface area contributed by atoms with Crippen LogP contribution in [0.25, 0.3) is 11.0 Å². The molecule has 24 heavy (non-hydrogen) atoms. The maximum Gasteiger partial charge on any atom is 0.314 e. The summed E-state index contributed by atoms with van der Waals surface area (Å²) in [7, 11) is -3.81. The zero-order chi connectivity index (χ0) is 17.3. The quantitative estimate of drug-likeness (QED) is 0.598. The first-order chi connectivity index (χ1) is 11.4. The molecule has 0 saturated carbocycles. The molecule has 3 aromatic rings. The SMILES string of the molecule is C[C@@H](NS(=O)(=O)c1ccc2[nH]c(=O)c(=O)[nH]c2c1)c1cccnc1. The largest absolute Gasteiger partial charge is 0.316 e. The van der Waals surface area contributed by atoms with E-state index in [9.17, 15) is 18.0 Å². The minimum Gasteiger partial charge on any atom is -0.316 e. The Morgan fingerprint density at radius 1 is 1.08 bits per heavy atom. The van der Waals surface area contributed by atoms with Crippen molar-refractivity contribution in [2.45, 2.75) is 17.9 Å². The first kappa shape index (κ1) is 16.1. The molecule has 0 aliphatic rings. The van der Waals surface area contributed by atoms with Crippen LogP contribution in [0.4, 0.5) is 0 Å². The number of H-pyrrole nitrogens is 2. The van der Waals surface area contributed by atoms with Gasteiger partial charge in [-0.15, -0.1) is 0 Å². The molecule has 0 bridgehead atoms. The van der Waals surface area contributed by atoms with Crippen LogP contribution in [0.5, 0.6) is 0 Å². The van der Waals surface area contributed by atoms with Crippen LogP contribution in [-0.2, 0) is 10.0 Å². The zero-order valence-corrected chi connectivity index (χ0v) is 13.4. The van der Waals surface area contributed by atoms with Crippen LogP contribution in [0.2, 0.25) is 0 Å². The maximum atomic E-state index is 12.5. The molecular weight excluding hydrogens is 332 g/mol. The van der Waals surface area contributed by atoms with E-state index in [0.717, 1.165) is 5.56 Å². The third-order valence-corrected chi connectivity index (χ3v) is 5.06. The Morgan fingerprint density at radius 2 is 1.79 bits per heavy atom. The van der Waals surface area contributed by atoms with Crippen LogP contribution in [0, 0.1) is 0 Å². The van der Waals surface area contributed by atoms with Gasteiger partial charge in [-0.05, 0) is 36.8 Å². The molecular formula is C15H14N4O4S. The first-order valence-electron chi connectivity index (χ1n) is 7.05. The van der Waals surface area contributed by atoms with Crippen LogP contribution in [0.15, 0.2) is 57.2 Å². The number of nitrogens with zero attached hydrogens (tertiary/aromatic N) is 1. The van der Waals surface area contributed by atoms with Crippen LogP contribution in [0.3, 0.4) is 0 Å². The van der Waals surface area contributed by atoms with E-state index in [1.54, 1.807) is 31.5 Å². The molecule has 1 aromatic carbocycles. The van der Waals surface area contributed by atoms with Crippen molar-refractivity contribution >= 4 is 21.1 Å². The molecule has 3 rings (SSSR count). The molecule has 8 nitrogen and oxygen atoms in total. The molecule has 9 heteroatoms. The summed E-state index contributed by atoms with van der Waals surface area (Å²) in [6.45, 7) is 1.70. The Labute approximate surface area is 136 Å². The second kappa shape index (κ2) is 6.02. The number of aromatic nitrogens is 3. The molecule has 3 N–H and O–H groups in total. The number of pyridine rings is 1. The van der Waals surface area contributed by atoms with Crippen LogP contribution in [-0.4, -0.2) is 23.4 Å². The van der Waals surface area contributed by atoms with Crippen LogP contribution in [0.1, 0.15) is 18.5 Å². The van der Waals surface area contributed by atoms with Gasteiger partial charge < -0.3 is 9.97 Å². The average molecular weight is 346 g/mol. The van der Waals surface area contributed by atoms with Crippen molar-refractivity contribution in [1.29, 1.82) is 0 Å². The van der Waals surface area contributed by atoms with Gasteiger partial charge in [0.1, 0.15) is 0 Å². The summed E-state index contributed by atoms with van der Waals surface area (Å²) in [4.78, 5) is 31.3. The van der Waals surface area contributed by atoms with Gasteiger partial charge in [0.05, 0.1) is 15.9 Å². The number of hydrogen-bond donors (Lipinski definition) is 3. The highest BCUT2D eigenvalue weighted by atomic mass is 32.2. The molecule has 1 atom stereocenters. The van der Waals surface area contributed by atoms with E-state index in [0.29, 0.717) is 5.52 Å². The molecule has 0 amide bonds. The summed E-state index contributed by atoms with van der Waals surface area (Å²) in [5.41, 5.74) is -0.329. The van der Waals surface area contributed by atoms with Gasteiger partial charge in [-0.3, -0.25) is 14.6 Å². The Balaban J connectivity index is 1.97. The van der Waals surface area contributed by atoms with E-state index in [4.69, 9.17) is 0 Å². The summed E-state index contributed by atoms with van der Waals surface area (Å²) in [6.07, 6.45) is 3.18. The van der Waals surface area contributed by atoms with Crippen molar-refractivity contribution < 1.29 is 8.42 Å². The molecule has 0 spiro atoms. The second-order valence-electron chi connectivity index (χ2n) is 5.24. The molecule has 0 aliphatic carbocycles. The van der Waals surface area contributed by atoms with Crippen molar-refractivity contribution in [1.82, 2.24) is 19.7 Å². The van der Waals surface area contributed by atoms with Crippen LogP contribution < -0.4 is 15.8 Å². The highest BCUT2D eigenvalue weighted by Crippen LogP contribution is 2.18. The fourth-order valence-electron chi connectivity index (χ4n) is 2.26. The number of hydrogen-bond acceptors (Lipinski definition) is 5. The molecule has 0 unspecified atom stereocenters. The van der Waals surface area contributed by atoms with Gasteiger partial charge >= 0.3 is 11.1 Å². The molecule has 0 fully saturated rings. The van der Waals surface area contributed by atoms with Gasteiger partial charge in [-0.1, -0.05) is 6.07 Å². The standard InChI is InChI=1S/C15H14N4O4S/c1-9(10-3-2-6-16-8-10)19-24(22,23)11-4-5-12-13(7-11)18-15(21)14(20)17-12/h2-9,19H,1H3,(H,17,20)(H,18,21)/t9-/m1/s1. The fraction of sp³-hybridized carbons (Fsp3) is 0.133. The normalized spacial score (nSPS) is 13.0. The van der Waals surface area contributed by atoms with E-state index in [1.165, 1.54) is 18.2 Å². The van der Waals surface area contributed by atoms with Crippen molar-refractivity contribution in [2.24, 2.45) is 0 Å². The Bertz CT molecular complexity index is 1100. The molecule has 2 heterocycles. The number of benzene rings is 1. The second-order valence-corrected chi connectivity index (χ2v) is 6.96. The number of rotatable bonds is 4. The van der Waals surface area contributed by atoms with Gasteiger partial charge in [0, 0.05) is 18.4 Å². The smallest absolute Gasteiger partial charge is 0.314 e. The molecule has 124 valence electrons. The third-order valence-electron chi connectivity index (χ3n) is 3.52. The van der Waals surface area contributed by atoms with Gasteiger partial charge in [0.15, 0.2) is 0 Å². The van der Waals surface area contributed by atoms with E-state index in [2.05, 4.69) is 19.7 Å². The Morgan fingerprint density at radius 3 is 2.46 bits per heavy atom. The monoisotopic (exact) mass is 346 g/mol. The highest BCUT2D eigenvalue weighted by Gasteiger charge is 2.19. The predicted molar refractivity (Wildman–Crippen MR) is 88.2 cm³/mol. The number of sulfonamides is 1.